The van der Waals surface area contributed by atoms with Crippen molar-refractivity contribution in [3.05, 3.63) is 11.6 Å². The number of hydrogen-bond acceptors (Lipinski definition) is 3. The predicted molar refractivity (Wildman–Crippen MR) is 48.4 cm³/mol. The van der Waals surface area contributed by atoms with Crippen LogP contribution in [0, 0.1) is 13.8 Å². The Morgan fingerprint density at radius 1 is 1.43 bits per heavy atom. The Kier molecular flexibility index (Phi) is 3.15. The monoisotopic (exact) mass is 204 g/mol. The zero-order valence-corrected chi connectivity index (χ0v) is 8.51. The molecule has 0 saturated heterocycles. The van der Waals surface area contributed by atoms with Gasteiger partial charge in [-0.1, -0.05) is 0 Å². The number of nitrogens with zero attached hydrogens (tertiary/aromatic N) is 3. The fraction of sp³-hybridized carbons (Fsp3) is 0.750. The minimum absolute atomic E-state index is 0.356. The molecule has 0 aromatic carbocycles. The van der Waals surface area contributed by atoms with Crippen molar-refractivity contribution in [2.75, 3.05) is 13.6 Å². The van der Waals surface area contributed by atoms with Crippen LogP contribution in [-0.4, -0.2) is 34.3 Å². The standard InChI is InChI=1S/C8H14F2N4/c1-6-12-7(2)14(13-6)5-8(9,10)4-11-3/h11H,4-5H2,1-3H3. The van der Waals surface area contributed by atoms with Crippen LogP contribution in [0.15, 0.2) is 0 Å². The van der Waals surface area contributed by atoms with E-state index in [4.69, 9.17) is 0 Å². The largest absolute Gasteiger partial charge is 0.314 e. The number of aromatic nitrogens is 3. The molecule has 0 atom stereocenters. The molecule has 6 heteroatoms. The highest BCUT2D eigenvalue weighted by molar-refractivity contribution is 4.89. The van der Waals surface area contributed by atoms with Crippen molar-refractivity contribution in [3.63, 3.8) is 0 Å². The van der Waals surface area contributed by atoms with Crippen molar-refractivity contribution in [1.82, 2.24) is 20.1 Å². The van der Waals surface area contributed by atoms with E-state index in [0.717, 1.165) is 0 Å². The summed E-state index contributed by atoms with van der Waals surface area (Å²) in [5.41, 5.74) is 0. The van der Waals surface area contributed by atoms with Crippen molar-refractivity contribution in [3.8, 4) is 0 Å². The lowest BCUT2D eigenvalue weighted by molar-refractivity contribution is -0.0169. The molecule has 0 amide bonds. The highest BCUT2D eigenvalue weighted by atomic mass is 19.3. The summed E-state index contributed by atoms with van der Waals surface area (Å²) >= 11 is 0. The number of alkyl halides is 2. The first-order valence-corrected chi connectivity index (χ1v) is 4.35. The van der Waals surface area contributed by atoms with Crippen molar-refractivity contribution < 1.29 is 8.78 Å². The number of halogens is 2. The molecular formula is C8H14F2N4. The van der Waals surface area contributed by atoms with E-state index in [1.807, 2.05) is 0 Å². The van der Waals surface area contributed by atoms with Gasteiger partial charge in [0.15, 0.2) is 0 Å². The molecular weight excluding hydrogens is 190 g/mol. The van der Waals surface area contributed by atoms with Crippen molar-refractivity contribution >= 4 is 0 Å². The highest BCUT2D eigenvalue weighted by Gasteiger charge is 2.29. The fourth-order valence-corrected chi connectivity index (χ4v) is 1.24. The molecule has 80 valence electrons. The quantitative estimate of drug-likeness (QED) is 0.787. The molecule has 0 saturated carbocycles. The molecule has 1 rings (SSSR count). The predicted octanol–water partition coefficient (Wildman–Crippen LogP) is 0.750. The van der Waals surface area contributed by atoms with Gasteiger partial charge in [-0.15, -0.1) is 0 Å². The van der Waals surface area contributed by atoms with Crippen LogP contribution in [0.1, 0.15) is 11.6 Å². The van der Waals surface area contributed by atoms with E-state index >= 15 is 0 Å². The molecule has 0 bridgehead atoms. The molecule has 14 heavy (non-hydrogen) atoms. The van der Waals surface area contributed by atoms with Crippen LogP contribution in [0.2, 0.25) is 0 Å². The smallest absolute Gasteiger partial charge is 0.279 e. The SMILES string of the molecule is CNCC(F)(F)Cn1nc(C)nc1C. The Morgan fingerprint density at radius 2 is 2.07 bits per heavy atom. The summed E-state index contributed by atoms with van der Waals surface area (Å²) in [5.74, 6) is -1.76. The zero-order valence-electron chi connectivity index (χ0n) is 8.51. The second kappa shape index (κ2) is 4.00. The molecule has 0 spiro atoms. The number of aryl methyl sites for hydroxylation is 2. The van der Waals surface area contributed by atoms with Gasteiger partial charge in [0.25, 0.3) is 5.92 Å². The van der Waals surface area contributed by atoms with Gasteiger partial charge in [-0.25, -0.2) is 18.4 Å². The van der Waals surface area contributed by atoms with Crippen LogP contribution >= 0.6 is 0 Å². The van der Waals surface area contributed by atoms with E-state index in [2.05, 4.69) is 15.4 Å². The van der Waals surface area contributed by atoms with Crippen LogP contribution in [0.25, 0.3) is 0 Å². The summed E-state index contributed by atoms with van der Waals surface area (Å²) in [6, 6.07) is 0. The van der Waals surface area contributed by atoms with E-state index < -0.39 is 12.5 Å². The average Bonchev–Trinajstić information content (AvgIpc) is 2.28. The lowest BCUT2D eigenvalue weighted by Gasteiger charge is -2.15. The van der Waals surface area contributed by atoms with E-state index in [9.17, 15) is 8.78 Å². The van der Waals surface area contributed by atoms with E-state index in [1.54, 1.807) is 13.8 Å². The second-order valence-electron chi connectivity index (χ2n) is 3.25. The Balaban J connectivity index is 2.72. The summed E-state index contributed by atoms with van der Waals surface area (Å²) in [6.07, 6.45) is 0. The third kappa shape index (κ3) is 2.73. The Labute approximate surface area is 81.3 Å². The number of hydrogen-bond donors (Lipinski definition) is 1. The Hall–Kier alpha value is -1.04. The third-order valence-corrected chi connectivity index (χ3v) is 1.78. The topological polar surface area (TPSA) is 42.7 Å². The highest BCUT2D eigenvalue weighted by Crippen LogP contribution is 2.15. The van der Waals surface area contributed by atoms with Crippen LogP contribution in [0.3, 0.4) is 0 Å². The zero-order chi connectivity index (χ0) is 10.8. The summed E-state index contributed by atoms with van der Waals surface area (Å²) in [6.45, 7) is 2.56. The summed E-state index contributed by atoms with van der Waals surface area (Å²) in [5, 5.41) is 6.32. The summed E-state index contributed by atoms with van der Waals surface area (Å²) < 4.78 is 27.5. The second-order valence-corrected chi connectivity index (χ2v) is 3.25. The molecule has 0 radical (unpaired) electrons. The van der Waals surface area contributed by atoms with Crippen molar-refractivity contribution in [2.24, 2.45) is 0 Å². The Morgan fingerprint density at radius 3 is 2.50 bits per heavy atom. The lowest BCUT2D eigenvalue weighted by atomic mass is 10.3. The van der Waals surface area contributed by atoms with E-state index in [0.29, 0.717) is 11.6 Å². The van der Waals surface area contributed by atoms with E-state index in [-0.39, 0.29) is 6.54 Å². The molecule has 4 nitrogen and oxygen atoms in total. The molecule has 0 aliphatic rings. The first-order valence-electron chi connectivity index (χ1n) is 4.35. The van der Waals surface area contributed by atoms with Crippen LogP contribution in [0.4, 0.5) is 8.78 Å². The average molecular weight is 204 g/mol. The maximum Gasteiger partial charge on any atom is 0.279 e. The van der Waals surface area contributed by atoms with Crippen molar-refractivity contribution in [2.45, 2.75) is 26.3 Å². The normalized spacial score (nSPS) is 12.1. The molecule has 1 aromatic rings. The molecule has 0 aliphatic carbocycles. The van der Waals surface area contributed by atoms with E-state index in [1.165, 1.54) is 11.7 Å². The van der Waals surface area contributed by atoms with Gasteiger partial charge in [0.1, 0.15) is 18.2 Å². The lowest BCUT2D eigenvalue weighted by Crippen LogP contribution is -2.35. The van der Waals surface area contributed by atoms with Gasteiger partial charge >= 0.3 is 0 Å². The van der Waals surface area contributed by atoms with Gasteiger partial charge in [0.05, 0.1) is 6.54 Å². The fourth-order valence-electron chi connectivity index (χ4n) is 1.24. The maximum atomic E-state index is 13.1. The summed E-state index contributed by atoms with van der Waals surface area (Å²) in [7, 11) is 1.49. The molecule has 0 aliphatic heterocycles. The minimum atomic E-state index is -2.79. The third-order valence-electron chi connectivity index (χ3n) is 1.78. The Bertz CT molecular complexity index is 308. The molecule has 0 fully saturated rings. The van der Waals surface area contributed by atoms with Gasteiger partial charge in [0, 0.05) is 0 Å². The van der Waals surface area contributed by atoms with Gasteiger partial charge in [-0.2, -0.15) is 5.10 Å². The van der Waals surface area contributed by atoms with Crippen LogP contribution in [-0.2, 0) is 6.54 Å². The molecule has 1 aromatic heterocycles. The minimum Gasteiger partial charge on any atom is -0.314 e. The van der Waals surface area contributed by atoms with Crippen molar-refractivity contribution in [1.29, 1.82) is 0 Å². The van der Waals surface area contributed by atoms with Gasteiger partial charge in [-0.05, 0) is 20.9 Å². The summed E-state index contributed by atoms with van der Waals surface area (Å²) in [4.78, 5) is 3.95. The van der Waals surface area contributed by atoms with Gasteiger partial charge in [-0.3, -0.25) is 0 Å². The van der Waals surface area contributed by atoms with Crippen LogP contribution < -0.4 is 5.32 Å². The first-order chi connectivity index (χ1) is 6.44. The van der Waals surface area contributed by atoms with Crippen LogP contribution in [0.5, 0.6) is 0 Å². The van der Waals surface area contributed by atoms with Gasteiger partial charge < -0.3 is 5.32 Å². The number of rotatable bonds is 4. The molecule has 1 N–H and O–H groups in total. The first kappa shape index (κ1) is 11.0. The molecule has 1 heterocycles. The maximum absolute atomic E-state index is 13.1. The van der Waals surface area contributed by atoms with Gasteiger partial charge in [0.2, 0.25) is 0 Å². The number of nitrogens with one attached hydrogen (secondary N) is 1. The molecule has 0 unspecified atom stereocenters.